The Morgan fingerprint density at radius 3 is 2.30 bits per heavy atom. The van der Waals surface area contributed by atoms with Crippen molar-refractivity contribution >= 4 is 5.91 Å². The predicted octanol–water partition coefficient (Wildman–Crippen LogP) is 0.670. The Morgan fingerprint density at radius 1 is 1.22 bits per heavy atom. The first-order valence-corrected chi connectivity index (χ1v) is 8.77. The van der Waals surface area contributed by atoms with E-state index in [1.54, 1.807) is 18.9 Å². The molecule has 0 unspecified atom stereocenters. The monoisotopic (exact) mass is 322 g/mol. The highest BCUT2D eigenvalue weighted by Crippen LogP contribution is 2.32. The van der Waals surface area contributed by atoms with Gasteiger partial charge in [-0.1, -0.05) is 19.3 Å². The van der Waals surface area contributed by atoms with Crippen molar-refractivity contribution in [3.05, 3.63) is 0 Å². The SMILES string of the molecule is C[C@H](O)CN1CCN(CC(=O)N(C)C2(C#N)CCCCC2)CC1. The van der Waals surface area contributed by atoms with Gasteiger partial charge in [-0.05, 0) is 19.8 Å². The fourth-order valence-electron chi connectivity index (χ4n) is 3.70. The van der Waals surface area contributed by atoms with Gasteiger partial charge >= 0.3 is 0 Å². The van der Waals surface area contributed by atoms with E-state index < -0.39 is 5.54 Å². The third-order valence-corrected chi connectivity index (χ3v) is 5.25. The first-order valence-electron chi connectivity index (χ1n) is 8.77. The lowest BCUT2D eigenvalue weighted by molar-refractivity contribution is -0.136. The average molecular weight is 322 g/mol. The van der Waals surface area contributed by atoms with E-state index in [0.29, 0.717) is 13.1 Å². The molecule has 1 heterocycles. The molecule has 1 aliphatic heterocycles. The number of hydrogen-bond acceptors (Lipinski definition) is 5. The van der Waals surface area contributed by atoms with E-state index in [9.17, 15) is 15.2 Å². The van der Waals surface area contributed by atoms with Crippen LogP contribution in [0.1, 0.15) is 39.0 Å². The quantitative estimate of drug-likeness (QED) is 0.805. The predicted molar refractivity (Wildman–Crippen MR) is 88.8 cm³/mol. The second-order valence-electron chi connectivity index (χ2n) is 7.08. The molecule has 1 saturated carbocycles. The smallest absolute Gasteiger partial charge is 0.237 e. The van der Waals surface area contributed by atoms with Crippen LogP contribution in [0, 0.1) is 11.3 Å². The lowest BCUT2D eigenvalue weighted by atomic mass is 9.81. The minimum Gasteiger partial charge on any atom is -0.392 e. The number of aliphatic hydroxyl groups excluding tert-OH is 1. The first-order chi connectivity index (χ1) is 11.0. The van der Waals surface area contributed by atoms with Crippen molar-refractivity contribution in [2.75, 3.05) is 46.3 Å². The van der Waals surface area contributed by atoms with Crippen molar-refractivity contribution < 1.29 is 9.90 Å². The maximum Gasteiger partial charge on any atom is 0.237 e. The van der Waals surface area contributed by atoms with Crippen molar-refractivity contribution in [2.24, 2.45) is 0 Å². The summed E-state index contributed by atoms with van der Waals surface area (Å²) in [5, 5.41) is 19.0. The molecular formula is C17H30N4O2. The lowest BCUT2D eigenvalue weighted by Crippen LogP contribution is -2.55. The third kappa shape index (κ3) is 4.66. The summed E-state index contributed by atoms with van der Waals surface area (Å²) >= 11 is 0. The van der Waals surface area contributed by atoms with E-state index in [2.05, 4.69) is 15.9 Å². The molecule has 0 spiro atoms. The summed E-state index contributed by atoms with van der Waals surface area (Å²) in [6.07, 6.45) is 4.52. The maximum absolute atomic E-state index is 12.6. The van der Waals surface area contributed by atoms with Crippen molar-refractivity contribution in [3.63, 3.8) is 0 Å². The number of nitriles is 1. The summed E-state index contributed by atoms with van der Waals surface area (Å²) in [4.78, 5) is 18.7. The molecule has 130 valence electrons. The Kier molecular flexibility index (Phi) is 6.40. The second-order valence-corrected chi connectivity index (χ2v) is 7.08. The number of hydrogen-bond donors (Lipinski definition) is 1. The van der Waals surface area contributed by atoms with Gasteiger partial charge in [0.2, 0.25) is 5.91 Å². The van der Waals surface area contributed by atoms with Crippen LogP contribution in [0.4, 0.5) is 0 Å². The van der Waals surface area contributed by atoms with E-state index >= 15 is 0 Å². The van der Waals surface area contributed by atoms with Gasteiger partial charge in [0.1, 0.15) is 5.54 Å². The minimum absolute atomic E-state index is 0.0532. The fourth-order valence-corrected chi connectivity index (χ4v) is 3.70. The summed E-state index contributed by atoms with van der Waals surface area (Å²) in [6.45, 7) is 6.33. The van der Waals surface area contributed by atoms with Crippen molar-refractivity contribution in [2.45, 2.75) is 50.7 Å². The molecular weight excluding hydrogens is 292 g/mol. The van der Waals surface area contributed by atoms with Gasteiger partial charge < -0.3 is 10.0 Å². The Labute approximate surface area is 139 Å². The van der Waals surface area contributed by atoms with Crippen LogP contribution in [0.25, 0.3) is 0 Å². The number of likely N-dealkylation sites (N-methyl/N-ethyl adjacent to an activating group) is 1. The maximum atomic E-state index is 12.6. The number of carbonyl (C=O) groups excluding carboxylic acids is 1. The van der Waals surface area contributed by atoms with Gasteiger partial charge in [-0.3, -0.25) is 14.6 Å². The molecule has 0 aromatic rings. The molecule has 0 bridgehead atoms. The van der Waals surface area contributed by atoms with E-state index in [1.807, 2.05) is 0 Å². The average Bonchev–Trinajstić information content (AvgIpc) is 2.56. The highest BCUT2D eigenvalue weighted by Gasteiger charge is 2.39. The molecule has 1 atom stereocenters. The highest BCUT2D eigenvalue weighted by molar-refractivity contribution is 5.79. The summed E-state index contributed by atoms with van der Waals surface area (Å²) in [5.41, 5.74) is -0.594. The molecule has 1 amide bonds. The Morgan fingerprint density at radius 2 is 1.78 bits per heavy atom. The molecule has 2 aliphatic rings. The molecule has 0 radical (unpaired) electrons. The highest BCUT2D eigenvalue weighted by atomic mass is 16.3. The molecule has 23 heavy (non-hydrogen) atoms. The van der Waals surface area contributed by atoms with Gasteiger partial charge in [0.15, 0.2) is 0 Å². The molecule has 2 rings (SSSR count). The van der Waals surface area contributed by atoms with Gasteiger partial charge in [-0.15, -0.1) is 0 Å². The molecule has 1 aliphatic carbocycles. The van der Waals surface area contributed by atoms with Gasteiger partial charge in [0, 0.05) is 39.8 Å². The second kappa shape index (κ2) is 8.09. The lowest BCUT2D eigenvalue weighted by Gasteiger charge is -2.41. The van der Waals surface area contributed by atoms with Crippen LogP contribution in [0.2, 0.25) is 0 Å². The number of β-amino-alcohol motifs (C(OH)–C–C–N with tert-alkyl or cyclic N) is 1. The molecule has 1 N–H and O–H groups in total. The van der Waals surface area contributed by atoms with E-state index in [-0.39, 0.29) is 12.0 Å². The Hall–Kier alpha value is -1.16. The van der Waals surface area contributed by atoms with E-state index in [4.69, 9.17) is 0 Å². The Bertz CT molecular complexity index is 432. The molecule has 6 heteroatoms. The zero-order valence-corrected chi connectivity index (χ0v) is 14.5. The number of aliphatic hydroxyl groups is 1. The van der Waals surface area contributed by atoms with Crippen LogP contribution in [0.5, 0.6) is 0 Å². The largest absolute Gasteiger partial charge is 0.392 e. The van der Waals surface area contributed by atoms with Crippen LogP contribution in [-0.2, 0) is 4.79 Å². The Balaban J connectivity index is 1.84. The van der Waals surface area contributed by atoms with Gasteiger partial charge in [0.25, 0.3) is 0 Å². The van der Waals surface area contributed by atoms with Crippen LogP contribution < -0.4 is 0 Å². The van der Waals surface area contributed by atoms with Crippen molar-refractivity contribution in [1.82, 2.24) is 14.7 Å². The van der Waals surface area contributed by atoms with Crippen LogP contribution in [-0.4, -0.2) is 83.7 Å². The molecule has 2 fully saturated rings. The fraction of sp³-hybridized carbons (Fsp3) is 0.882. The zero-order chi connectivity index (χ0) is 16.9. The summed E-state index contributed by atoms with van der Waals surface area (Å²) in [6, 6.07) is 2.41. The van der Waals surface area contributed by atoms with E-state index in [1.165, 1.54) is 0 Å². The van der Waals surface area contributed by atoms with Gasteiger partial charge in [-0.2, -0.15) is 5.26 Å². The standard InChI is InChI=1S/C17H30N4O2/c1-15(22)12-20-8-10-21(11-9-20)13-16(23)19(2)17(14-18)6-4-3-5-7-17/h15,22H,3-13H2,1-2H3/t15-/m0/s1. The first kappa shape index (κ1) is 18.2. The number of piperazine rings is 1. The topological polar surface area (TPSA) is 70.8 Å². The summed E-state index contributed by atoms with van der Waals surface area (Å²) in [5.74, 6) is 0.0532. The third-order valence-electron chi connectivity index (χ3n) is 5.25. The number of nitrogens with zero attached hydrogens (tertiary/aromatic N) is 4. The number of carbonyl (C=O) groups is 1. The van der Waals surface area contributed by atoms with Crippen LogP contribution >= 0.6 is 0 Å². The molecule has 6 nitrogen and oxygen atoms in total. The molecule has 0 aromatic carbocycles. The molecule has 1 saturated heterocycles. The summed E-state index contributed by atoms with van der Waals surface area (Å²) in [7, 11) is 1.79. The van der Waals surface area contributed by atoms with E-state index in [0.717, 1.165) is 58.3 Å². The zero-order valence-electron chi connectivity index (χ0n) is 14.5. The van der Waals surface area contributed by atoms with Crippen molar-refractivity contribution in [3.8, 4) is 6.07 Å². The number of amides is 1. The molecule has 0 aromatic heterocycles. The summed E-state index contributed by atoms with van der Waals surface area (Å²) < 4.78 is 0. The van der Waals surface area contributed by atoms with Gasteiger partial charge in [-0.25, -0.2) is 0 Å². The van der Waals surface area contributed by atoms with Crippen LogP contribution in [0.15, 0.2) is 0 Å². The van der Waals surface area contributed by atoms with Crippen molar-refractivity contribution in [1.29, 1.82) is 5.26 Å². The normalized spacial score (nSPS) is 23.9. The number of rotatable bonds is 5. The van der Waals surface area contributed by atoms with Gasteiger partial charge in [0.05, 0.1) is 18.7 Å². The minimum atomic E-state index is -0.594. The van der Waals surface area contributed by atoms with Crippen LogP contribution in [0.3, 0.4) is 0 Å².